The molecular weight excluding hydrogens is 246 g/mol. The molecular formula is C14H18NO4. The van der Waals surface area contributed by atoms with E-state index in [1.807, 2.05) is 30.3 Å². The van der Waals surface area contributed by atoms with Crippen molar-refractivity contribution in [1.29, 1.82) is 0 Å². The normalized spacial score (nSPS) is 24.5. The molecule has 5 nitrogen and oxygen atoms in total. The first kappa shape index (κ1) is 14.0. The zero-order valence-electron chi connectivity index (χ0n) is 10.5. The lowest BCUT2D eigenvalue weighted by molar-refractivity contribution is -0.138. The summed E-state index contributed by atoms with van der Waals surface area (Å²) in [5.41, 5.74) is 1.01. The highest BCUT2D eigenvalue weighted by Crippen LogP contribution is 2.13. The van der Waals surface area contributed by atoms with Crippen molar-refractivity contribution < 1.29 is 20.1 Å². The molecule has 1 aromatic rings. The van der Waals surface area contributed by atoms with Crippen LogP contribution >= 0.6 is 0 Å². The van der Waals surface area contributed by atoms with Gasteiger partial charge in [-0.2, -0.15) is 0 Å². The minimum atomic E-state index is -1.21. The minimum absolute atomic E-state index is 0.0657. The highest BCUT2D eigenvalue weighted by molar-refractivity contribution is 5.82. The molecule has 1 heterocycles. The summed E-state index contributed by atoms with van der Waals surface area (Å²) < 4.78 is 0. The molecule has 1 aliphatic rings. The van der Waals surface area contributed by atoms with Gasteiger partial charge in [0.05, 0.1) is 12.2 Å². The molecule has 103 valence electrons. The first-order chi connectivity index (χ1) is 9.08. The number of carbonyl (C=O) groups is 1. The fraction of sp³-hybridized carbons (Fsp3) is 0.429. The number of hydrogen-bond donors (Lipinski definition) is 3. The van der Waals surface area contributed by atoms with E-state index in [4.69, 9.17) is 0 Å². The van der Waals surface area contributed by atoms with E-state index in [0.29, 0.717) is 6.42 Å². The number of aliphatic hydroxyl groups excluding tert-OH is 3. The number of rotatable bonds is 4. The average Bonchev–Trinajstić information content (AvgIpc) is 2.76. The van der Waals surface area contributed by atoms with E-state index in [1.165, 1.54) is 11.3 Å². The van der Waals surface area contributed by atoms with Crippen LogP contribution in [-0.2, 0) is 11.2 Å². The fourth-order valence-corrected chi connectivity index (χ4v) is 2.10. The van der Waals surface area contributed by atoms with Gasteiger partial charge in [-0.1, -0.05) is 30.3 Å². The largest absolute Gasteiger partial charge is 0.388 e. The summed E-state index contributed by atoms with van der Waals surface area (Å²) in [6.45, 7) is 0.131. The second-order valence-corrected chi connectivity index (χ2v) is 4.75. The molecule has 3 atom stereocenters. The van der Waals surface area contributed by atoms with Crippen LogP contribution in [0.1, 0.15) is 5.56 Å². The zero-order chi connectivity index (χ0) is 13.8. The van der Waals surface area contributed by atoms with E-state index in [-0.39, 0.29) is 13.1 Å². The molecule has 1 saturated heterocycles. The standard InChI is InChI=1S/C14H18NO4/c16-11(7-6-10-4-2-1-3-5-10)14(19)15-8-12(17)13(18)9-15/h1-5,7,11-13,16-18H,6,8-9H2/t11-,12-,13+/m1/s1. The summed E-state index contributed by atoms with van der Waals surface area (Å²) in [7, 11) is 0. The third kappa shape index (κ3) is 3.53. The number of carbonyl (C=O) groups excluding carboxylic acids is 1. The van der Waals surface area contributed by atoms with Crippen LogP contribution in [0.15, 0.2) is 30.3 Å². The Balaban J connectivity index is 1.83. The predicted molar refractivity (Wildman–Crippen MR) is 69.0 cm³/mol. The number of benzene rings is 1. The van der Waals surface area contributed by atoms with Gasteiger partial charge in [0.2, 0.25) is 0 Å². The smallest absolute Gasteiger partial charge is 0.251 e. The van der Waals surface area contributed by atoms with Gasteiger partial charge < -0.3 is 20.2 Å². The third-order valence-corrected chi connectivity index (χ3v) is 3.24. The summed E-state index contributed by atoms with van der Waals surface area (Å²) in [5.74, 6) is -0.480. The molecule has 0 aromatic heterocycles. The van der Waals surface area contributed by atoms with E-state index in [0.717, 1.165) is 5.56 Å². The Bertz CT molecular complexity index is 413. The van der Waals surface area contributed by atoms with Gasteiger partial charge in [0.15, 0.2) is 0 Å². The Morgan fingerprint density at radius 2 is 1.84 bits per heavy atom. The Morgan fingerprint density at radius 1 is 1.26 bits per heavy atom. The van der Waals surface area contributed by atoms with Crippen molar-refractivity contribution >= 4 is 5.91 Å². The molecule has 0 unspecified atom stereocenters. The van der Waals surface area contributed by atoms with Crippen LogP contribution in [0.4, 0.5) is 0 Å². The van der Waals surface area contributed by atoms with Crippen molar-refractivity contribution in [2.75, 3.05) is 13.1 Å². The molecule has 0 saturated carbocycles. The van der Waals surface area contributed by atoms with Crippen molar-refractivity contribution in [3.63, 3.8) is 0 Å². The van der Waals surface area contributed by atoms with Crippen molar-refractivity contribution in [3.8, 4) is 0 Å². The molecule has 19 heavy (non-hydrogen) atoms. The number of nitrogens with zero attached hydrogens (tertiary/aromatic N) is 1. The van der Waals surface area contributed by atoms with Crippen molar-refractivity contribution in [3.05, 3.63) is 42.3 Å². The Kier molecular flexibility index (Phi) is 4.52. The molecule has 5 heteroatoms. The molecule has 1 amide bonds. The number of likely N-dealkylation sites (tertiary alicyclic amines) is 1. The van der Waals surface area contributed by atoms with Crippen LogP contribution in [0.5, 0.6) is 0 Å². The molecule has 1 aromatic carbocycles. The van der Waals surface area contributed by atoms with Gasteiger partial charge in [-0.05, 0) is 12.0 Å². The maximum Gasteiger partial charge on any atom is 0.251 e. The first-order valence-corrected chi connectivity index (χ1v) is 6.28. The topological polar surface area (TPSA) is 81.0 Å². The van der Waals surface area contributed by atoms with Crippen LogP contribution in [0.25, 0.3) is 0 Å². The number of aliphatic hydroxyl groups is 3. The Labute approximate surface area is 112 Å². The highest BCUT2D eigenvalue weighted by atomic mass is 16.3. The lowest BCUT2D eigenvalue weighted by Crippen LogP contribution is -2.38. The number of amides is 1. The van der Waals surface area contributed by atoms with Crippen molar-refractivity contribution in [2.45, 2.75) is 24.7 Å². The van der Waals surface area contributed by atoms with Crippen molar-refractivity contribution in [2.24, 2.45) is 0 Å². The lowest BCUT2D eigenvalue weighted by atomic mass is 10.1. The van der Waals surface area contributed by atoms with Crippen molar-refractivity contribution in [1.82, 2.24) is 4.90 Å². The summed E-state index contributed by atoms with van der Waals surface area (Å²) in [4.78, 5) is 13.2. The molecule has 3 N–H and O–H groups in total. The Morgan fingerprint density at radius 3 is 2.42 bits per heavy atom. The molecule has 2 rings (SSSR count). The molecule has 0 aliphatic carbocycles. The summed E-state index contributed by atoms with van der Waals surface area (Å²) in [5, 5.41) is 28.5. The van der Waals surface area contributed by atoms with Crippen LogP contribution < -0.4 is 0 Å². The molecule has 0 bridgehead atoms. The van der Waals surface area contributed by atoms with Gasteiger partial charge in [-0.25, -0.2) is 0 Å². The van der Waals surface area contributed by atoms with Gasteiger partial charge in [-0.3, -0.25) is 4.79 Å². The van der Waals surface area contributed by atoms with Gasteiger partial charge in [0.25, 0.3) is 5.91 Å². The molecule has 1 fully saturated rings. The molecule has 1 aliphatic heterocycles. The summed E-state index contributed by atoms with van der Waals surface area (Å²) in [6, 6.07) is 9.52. The Hall–Kier alpha value is -1.43. The van der Waals surface area contributed by atoms with Crippen LogP contribution in [-0.4, -0.2) is 57.5 Å². The summed E-state index contributed by atoms with van der Waals surface area (Å²) in [6.07, 6.45) is -1.05. The maximum absolute atomic E-state index is 11.9. The lowest BCUT2D eigenvalue weighted by Gasteiger charge is -2.19. The second-order valence-electron chi connectivity index (χ2n) is 4.75. The van der Waals surface area contributed by atoms with Gasteiger partial charge in [0.1, 0.15) is 6.10 Å². The molecule has 0 spiro atoms. The van der Waals surface area contributed by atoms with E-state index in [9.17, 15) is 20.1 Å². The predicted octanol–water partition coefficient (Wildman–Crippen LogP) is -0.642. The monoisotopic (exact) mass is 264 g/mol. The summed E-state index contributed by atoms with van der Waals surface area (Å²) >= 11 is 0. The van der Waals surface area contributed by atoms with E-state index in [2.05, 4.69) is 0 Å². The van der Waals surface area contributed by atoms with Crippen LogP contribution in [0.2, 0.25) is 0 Å². The third-order valence-electron chi connectivity index (χ3n) is 3.24. The highest BCUT2D eigenvalue weighted by Gasteiger charge is 2.34. The van der Waals surface area contributed by atoms with Crippen LogP contribution in [0, 0.1) is 6.42 Å². The van der Waals surface area contributed by atoms with Crippen LogP contribution in [0.3, 0.4) is 0 Å². The minimum Gasteiger partial charge on any atom is -0.388 e. The average molecular weight is 264 g/mol. The SMILES string of the molecule is O=C([C@H](O)[CH]Cc1ccccc1)N1C[C@@H](O)[C@@H](O)C1. The second kappa shape index (κ2) is 6.14. The number of β-amino-alcohol motifs (C(OH)–C–C–N with tert-alkyl or cyclic N) is 2. The van der Waals surface area contributed by atoms with E-state index >= 15 is 0 Å². The van der Waals surface area contributed by atoms with Gasteiger partial charge in [-0.15, -0.1) is 0 Å². The van der Waals surface area contributed by atoms with Gasteiger partial charge in [0, 0.05) is 19.5 Å². The number of hydrogen-bond acceptors (Lipinski definition) is 4. The molecule has 1 radical (unpaired) electrons. The maximum atomic E-state index is 11.9. The van der Waals surface area contributed by atoms with Gasteiger partial charge >= 0.3 is 0 Å². The van der Waals surface area contributed by atoms with E-state index in [1.54, 1.807) is 0 Å². The quantitative estimate of drug-likeness (QED) is 0.675. The zero-order valence-corrected chi connectivity index (χ0v) is 10.5. The fourth-order valence-electron chi connectivity index (χ4n) is 2.10. The first-order valence-electron chi connectivity index (χ1n) is 6.28. The van der Waals surface area contributed by atoms with E-state index < -0.39 is 24.2 Å².